The molecule has 1 atom stereocenters. The van der Waals surface area contributed by atoms with Crippen molar-refractivity contribution < 1.29 is 9.59 Å². The molecule has 1 aliphatic heterocycles. The molecule has 30 heavy (non-hydrogen) atoms. The standard InChI is InChI=1S/C25H29N3O2/c1-16-9-17(2)11-22(10-16)25(30)28-8-4-5-20(15-28)24(29)26-14-19-6-7-23-21(13-19)12-18(3)27-23/h6-7,9-13,20,27H,4-5,8,14-15H2,1-3H3,(H,26,29). The number of benzene rings is 2. The molecule has 0 radical (unpaired) electrons. The fourth-order valence-electron chi connectivity index (χ4n) is 4.43. The molecular formula is C25H29N3O2. The van der Waals surface area contributed by atoms with Gasteiger partial charge in [-0.1, -0.05) is 23.3 Å². The normalized spacial score (nSPS) is 16.6. The van der Waals surface area contributed by atoms with Crippen LogP contribution in [-0.4, -0.2) is 34.8 Å². The Morgan fingerprint density at radius 1 is 1.07 bits per heavy atom. The molecule has 4 rings (SSSR count). The van der Waals surface area contributed by atoms with Gasteiger partial charge < -0.3 is 15.2 Å². The number of piperidine rings is 1. The number of nitrogens with zero attached hydrogens (tertiary/aromatic N) is 1. The van der Waals surface area contributed by atoms with Gasteiger partial charge in [-0.25, -0.2) is 0 Å². The van der Waals surface area contributed by atoms with Crippen molar-refractivity contribution in [3.63, 3.8) is 0 Å². The van der Waals surface area contributed by atoms with E-state index in [2.05, 4.69) is 34.6 Å². The van der Waals surface area contributed by atoms with E-state index >= 15 is 0 Å². The summed E-state index contributed by atoms with van der Waals surface area (Å²) < 4.78 is 0. The molecule has 0 bridgehead atoms. The van der Waals surface area contributed by atoms with Gasteiger partial charge in [0, 0.05) is 36.4 Å². The van der Waals surface area contributed by atoms with Crippen LogP contribution in [0.2, 0.25) is 0 Å². The molecule has 1 aliphatic rings. The number of aryl methyl sites for hydroxylation is 3. The second-order valence-electron chi connectivity index (χ2n) is 8.56. The quantitative estimate of drug-likeness (QED) is 0.684. The molecule has 2 heterocycles. The van der Waals surface area contributed by atoms with Crippen LogP contribution in [0, 0.1) is 26.7 Å². The van der Waals surface area contributed by atoms with Gasteiger partial charge in [-0.15, -0.1) is 0 Å². The Labute approximate surface area is 177 Å². The maximum Gasteiger partial charge on any atom is 0.253 e. The number of hydrogen-bond acceptors (Lipinski definition) is 2. The van der Waals surface area contributed by atoms with Crippen molar-refractivity contribution in [2.75, 3.05) is 13.1 Å². The van der Waals surface area contributed by atoms with Gasteiger partial charge in [-0.3, -0.25) is 9.59 Å². The van der Waals surface area contributed by atoms with Gasteiger partial charge in [0.05, 0.1) is 5.92 Å². The van der Waals surface area contributed by atoms with Crippen molar-refractivity contribution in [2.24, 2.45) is 5.92 Å². The zero-order valence-electron chi connectivity index (χ0n) is 17.9. The maximum atomic E-state index is 13.0. The predicted octanol–water partition coefficient (Wildman–Crippen LogP) is 4.26. The average Bonchev–Trinajstić information content (AvgIpc) is 3.10. The molecule has 3 aromatic rings. The van der Waals surface area contributed by atoms with Crippen molar-refractivity contribution in [3.05, 3.63) is 70.4 Å². The highest BCUT2D eigenvalue weighted by atomic mass is 16.2. The van der Waals surface area contributed by atoms with E-state index in [1.807, 2.05) is 43.9 Å². The van der Waals surface area contributed by atoms with Crippen LogP contribution in [-0.2, 0) is 11.3 Å². The van der Waals surface area contributed by atoms with E-state index in [9.17, 15) is 9.59 Å². The SMILES string of the molecule is Cc1cc(C)cc(C(=O)N2CCCC(C(=O)NCc3ccc4[nH]c(C)cc4c3)C2)c1. The summed E-state index contributed by atoms with van der Waals surface area (Å²) in [5, 5.41) is 4.23. The van der Waals surface area contributed by atoms with E-state index in [-0.39, 0.29) is 17.7 Å². The number of aromatic nitrogens is 1. The minimum Gasteiger partial charge on any atom is -0.359 e. The van der Waals surface area contributed by atoms with Crippen molar-refractivity contribution in [3.8, 4) is 0 Å². The van der Waals surface area contributed by atoms with Gasteiger partial charge in [-0.05, 0) is 74.9 Å². The first kappa shape index (κ1) is 20.2. The number of carbonyl (C=O) groups is 2. The summed E-state index contributed by atoms with van der Waals surface area (Å²) in [7, 11) is 0. The van der Waals surface area contributed by atoms with Crippen LogP contribution < -0.4 is 5.32 Å². The highest BCUT2D eigenvalue weighted by Gasteiger charge is 2.29. The lowest BCUT2D eigenvalue weighted by Gasteiger charge is -2.32. The van der Waals surface area contributed by atoms with Crippen molar-refractivity contribution in [2.45, 2.75) is 40.2 Å². The topological polar surface area (TPSA) is 65.2 Å². The molecule has 2 aromatic carbocycles. The third kappa shape index (κ3) is 4.40. The molecule has 2 amide bonds. The van der Waals surface area contributed by atoms with Crippen molar-refractivity contribution >= 4 is 22.7 Å². The lowest BCUT2D eigenvalue weighted by Crippen LogP contribution is -2.45. The molecule has 5 heteroatoms. The lowest BCUT2D eigenvalue weighted by molar-refractivity contribution is -0.126. The number of aromatic amines is 1. The first-order chi connectivity index (χ1) is 14.4. The summed E-state index contributed by atoms with van der Waals surface area (Å²) in [5.74, 6) is -0.113. The first-order valence-corrected chi connectivity index (χ1v) is 10.6. The van der Waals surface area contributed by atoms with E-state index in [1.54, 1.807) is 0 Å². The first-order valence-electron chi connectivity index (χ1n) is 10.6. The number of nitrogens with one attached hydrogen (secondary N) is 2. The van der Waals surface area contributed by atoms with Gasteiger partial charge in [-0.2, -0.15) is 0 Å². The Hall–Kier alpha value is -3.08. The summed E-state index contributed by atoms with van der Waals surface area (Å²) in [4.78, 5) is 30.9. The van der Waals surface area contributed by atoms with Gasteiger partial charge in [0.1, 0.15) is 0 Å². The number of hydrogen-bond donors (Lipinski definition) is 2. The summed E-state index contributed by atoms with van der Waals surface area (Å²) in [5.41, 5.74) is 6.19. The number of H-pyrrole nitrogens is 1. The summed E-state index contributed by atoms with van der Waals surface area (Å²) >= 11 is 0. The van der Waals surface area contributed by atoms with Crippen LogP contribution >= 0.6 is 0 Å². The van der Waals surface area contributed by atoms with E-state index in [0.717, 1.165) is 46.1 Å². The van der Waals surface area contributed by atoms with Crippen LogP contribution in [0.5, 0.6) is 0 Å². The second kappa shape index (κ2) is 8.34. The molecular weight excluding hydrogens is 374 g/mol. The molecule has 1 aromatic heterocycles. The smallest absolute Gasteiger partial charge is 0.253 e. The number of amides is 2. The molecule has 0 saturated carbocycles. The number of likely N-dealkylation sites (tertiary alicyclic amines) is 1. The third-order valence-electron chi connectivity index (χ3n) is 5.83. The van der Waals surface area contributed by atoms with Crippen molar-refractivity contribution in [1.82, 2.24) is 15.2 Å². The van der Waals surface area contributed by atoms with E-state index in [0.29, 0.717) is 25.2 Å². The highest BCUT2D eigenvalue weighted by Crippen LogP contribution is 2.21. The van der Waals surface area contributed by atoms with E-state index < -0.39 is 0 Å². The van der Waals surface area contributed by atoms with Gasteiger partial charge in [0.25, 0.3) is 5.91 Å². The van der Waals surface area contributed by atoms with Gasteiger partial charge in [0.2, 0.25) is 5.91 Å². The van der Waals surface area contributed by atoms with E-state index in [4.69, 9.17) is 0 Å². The van der Waals surface area contributed by atoms with Gasteiger partial charge >= 0.3 is 0 Å². The van der Waals surface area contributed by atoms with Crippen LogP contribution in [0.1, 0.15) is 45.6 Å². The molecule has 1 saturated heterocycles. The zero-order chi connectivity index (χ0) is 21.3. The maximum absolute atomic E-state index is 13.0. The fourth-order valence-corrected chi connectivity index (χ4v) is 4.43. The predicted molar refractivity (Wildman–Crippen MR) is 119 cm³/mol. The number of fused-ring (bicyclic) bond motifs is 1. The molecule has 5 nitrogen and oxygen atoms in total. The largest absolute Gasteiger partial charge is 0.359 e. The van der Waals surface area contributed by atoms with Gasteiger partial charge in [0.15, 0.2) is 0 Å². The summed E-state index contributed by atoms with van der Waals surface area (Å²) in [6, 6.07) is 14.2. The Balaban J connectivity index is 1.38. The molecule has 0 aliphatic carbocycles. The Morgan fingerprint density at radius 3 is 2.60 bits per heavy atom. The fraction of sp³-hybridized carbons (Fsp3) is 0.360. The minimum absolute atomic E-state index is 0.0209. The Bertz CT molecular complexity index is 1080. The third-order valence-corrected chi connectivity index (χ3v) is 5.83. The monoisotopic (exact) mass is 403 g/mol. The molecule has 2 N–H and O–H groups in total. The van der Waals surface area contributed by atoms with Crippen LogP contribution in [0.3, 0.4) is 0 Å². The van der Waals surface area contributed by atoms with Crippen LogP contribution in [0.15, 0.2) is 42.5 Å². The summed E-state index contributed by atoms with van der Waals surface area (Å²) in [6.45, 7) is 7.73. The van der Waals surface area contributed by atoms with Crippen molar-refractivity contribution in [1.29, 1.82) is 0 Å². The summed E-state index contributed by atoms with van der Waals surface area (Å²) in [6.07, 6.45) is 1.67. The average molecular weight is 404 g/mol. The van der Waals surface area contributed by atoms with Crippen LogP contribution in [0.4, 0.5) is 0 Å². The van der Waals surface area contributed by atoms with Crippen LogP contribution in [0.25, 0.3) is 10.9 Å². The highest BCUT2D eigenvalue weighted by molar-refractivity contribution is 5.95. The lowest BCUT2D eigenvalue weighted by atomic mass is 9.96. The zero-order valence-corrected chi connectivity index (χ0v) is 17.9. The molecule has 0 spiro atoms. The molecule has 156 valence electrons. The Kier molecular flexibility index (Phi) is 5.62. The molecule has 1 fully saturated rings. The minimum atomic E-state index is -0.160. The van der Waals surface area contributed by atoms with E-state index in [1.165, 1.54) is 0 Å². The Morgan fingerprint density at radius 2 is 1.83 bits per heavy atom. The molecule has 1 unspecified atom stereocenters. The number of rotatable bonds is 4. The second-order valence-corrected chi connectivity index (χ2v) is 8.56. The number of carbonyl (C=O) groups excluding carboxylic acids is 2.